The van der Waals surface area contributed by atoms with Gasteiger partial charge < -0.3 is 10.0 Å². The van der Waals surface area contributed by atoms with Crippen LogP contribution in [0.15, 0.2) is 36.4 Å². The molecule has 1 fully saturated rings. The lowest BCUT2D eigenvalue weighted by molar-refractivity contribution is -0.129. The molecule has 0 radical (unpaired) electrons. The van der Waals surface area contributed by atoms with E-state index >= 15 is 0 Å². The average molecular weight is 259 g/mol. The molecule has 1 aromatic carbocycles. The van der Waals surface area contributed by atoms with E-state index in [9.17, 15) is 9.90 Å². The summed E-state index contributed by atoms with van der Waals surface area (Å²) in [6.45, 7) is 0.814. The van der Waals surface area contributed by atoms with Crippen LogP contribution in [0.1, 0.15) is 31.2 Å². The highest BCUT2D eigenvalue weighted by Gasteiger charge is 2.22. The maximum atomic E-state index is 12.2. The lowest BCUT2D eigenvalue weighted by Crippen LogP contribution is -2.41. The number of carbonyl (C=O) groups excluding carboxylic acids is 1. The van der Waals surface area contributed by atoms with Gasteiger partial charge in [-0.15, -0.1) is 0 Å². The third kappa shape index (κ3) is 3.93. The lowest BCUT2D eigenvalue weighted by Gasteiger charge is -2.27. The summed E-state index contributed by atoms with van der Waals surface area (Å²) in [4.78, 5) is 14.0. The summed E-state index contributed by atoms with van der Waals surface area (Å²) in [5.41, 5.74) is 1.02. The van der Waals surface area contributed by atoms with Crippen LogP contribution in [0.5, 0.6) is 0 Å². The predicted molar refractivity (Wildman–Crippen MR) is 76.5 cm³/mol. The maximum absolute atomic E-state index is 12.2. The maximum Gasteiger partial charge on any atom is 0.246 e. The highest BCUT2D eigenvalue weighted by Crippen LogP contribution is 2.17. The lowest BCUT2D eigenvalue weighted by atomic mass is 10.1. The Bertz CT molecular complexity index is 428. The summed E-state index contributed by atoms with van der Waals surface area (Å²) < 4.78 is 0. The Labute approximate surface area is 114 Å². The van der Waals surface area contributed by atoms with Crippen LogP contribution in [0.25, 0.3) is 6.08 Å². The van der Waals surface area contributed by atoms with Gasteiger partial charge in [0.15, 0.2) is 0 Å². The molecule has 1 amide bonds. The van der Waals surface area contributed by atoms with E-state index in [4.69, 9.17) is 0 Å². The Balaban J connectivity index is 2.03. The molecule has 1 atom stereocenters. The SMILES string of the molecule is O=C(/C=C/c1ccccc1)N1CCCCCC1CO. The average Bonchev–Trinajstić information content (AvgIpc) is 2.71. The molecule has 1 aliphatic rings. The smallest absolute Gasteiger partial charge is 0.246 e. The molecule has 0 aromatic heterocycles. The van der Waals surface area contributed by atoms with Gasteiger partial charge in [-0.3, -0.25) is 4.79 Å². The molecule has 19 heavy (non-hydrogen) atoms. The Morgan fingerprint density at radius 1 is 1.26 bits per heavy atom. The van der Waals surface area contributed by atoms with E-state index in [1.807, 2.05) is 41.3 Å². The first-order valence-corrected chi connectivity index (χ1v) is 6.96. The van der Waals surface area contributed by atoms with Crippen LogP contribution < -0.4 is 0 Å². The van der Waals surface area contributed by atoms with E-state index in [-0.39, 0.29) is 18.6 Å². The van der Waals surface area contributed by atoms with Crippen molar-refractivity contribution >= 4 is 12.0 Å². The van der Waals surface area contributed by atoms with E-state index in [2.05, 4.69) is 0 Å². The van der Waals surface area contributed by atoms with Gasteiger partial charge in [0.25, 0.3) is 0 Å². The molecule has 2 rings (SSSR count). The largest absolute Gasteiger partial charge is 0.394 e. The third-order valence-electron chi connectivity index (χ3n) is 3.59. The molecule has 1 aliphatic heterocycles. The number of aliphatic hydroxyl groups is 1. The summed E-state index contributed by atoms with van der Waals surface area (Å²) in [5, 5.41) is 9.40. The summed E-state index contributed by atoms with van der Waals surface area (Å²) in [5.74, 6) is 0.00445. The van der Waals surface area contributed by atoms with Crippen LogP contribution in [-0.4, -0.2) is 35.1 Å². The number of likely N-dealkylation sites (tertiary alicyclic amines) is 1. The second-order valence-corrected chi connectivity index (χ2v) is 4.96. The van der Waals surface area contributed by atoms with Gasteiger partial charge in [0.1, 0.15) is 0 Å². The number of rotatable bonds is 3. The Kier molecular flexibility index (Phi) is 5.16. The van der Waals surface area contributed by atoms with Crippen molar-refractivity contribution in [2.24, 2.45) is 0 Å². The zero-order valence-electron chi connectivity index (χ0n) is 11.2. The fraction of sp³-hybridized carbons (Fsp3) is 0.438. The zero-order chi connectivity index (χ0) is 13.5. The summed E-state index contributed by atoms with van der Waals surface area (Å²) in [7, 11) is 0. The molecular weight excluding hydrogens is 238 g/mol. The number of carbonyl (C=O) groups is 1. The quantitative estimate of drug-likeness (QED) is 0.847. The highest BCUT2D eigenvalue weighted by molar-refractivity contribution is 5.92. The summed E-state index contributed by atoms with van der Waals surface area (Å²) >= 11 is 0. The van der Waals surface area contributed by atoms with Crippen LogP contribution in [0.3, 0.4) is 0 Å². The van der Waals surface area contributed by atoms with Crippen molar-refractivity contribution in [2.45, 2.75) is 31.7 Å². The van der Waals surface area contributed by atoms with E-state index in [1.54, 1.807) is 6.08 Å². The molecule has 102 valence electrons. The number of nitrogens with zero attached hydrogens (tertiary/aromatic N) is 1. The minimum absolute atomic E-state index is 0.00445. The van der Waals surface area contributed by atoms with Crippen LogP contribution in [0.2, 0.25) is 0 Å². The molecule has 1 aromatic rings. The van der Waals surface area contributed by atoms with Crippen molar-refractivity contribution in [3.63, 3.8) is 0 Å². The van der Waals surface area contributed by atoms with Crippen molar-refractivity contribution in [1.82, 2.24) is 4.90 Å². The normalized spacial score (nSPS) is 20.5. The molecule has 0 aliphatic carbocycles. The number of hydrogen-bond acceptors (Lipinski definition) is 2. The number of amides is 1. The van der Waals surface area contributed by atoms with E-state index < -0.39 is 0 Å². The molecule has 3 nitrogen and oxygen atoms in total. The Hall–Kier alpha value is -1.61. The van der Waals surface area contributed by atoms with Crippen molar-refractivity contribution in [2.75, 3.05) is 13.2 Å². The van der Waals surface area contributed by atoms with E-state index in [0.717, 1.165) is 37.8 Å². The van der Waals surface area contributed by atoms with Gasteiger partial charge in [-0.2, -0.15) is 0 Å². The summed E-state index contributed by atoms with van der Waals surface area (Å²) in [6.07, 6.45) is 7.62. The van der Waals surface area contributed by atoms with Crippen LogP contribution >= 0.6 is 0 Å². The third-order valence-corrected chi connectivity index (χ3v) is 3.59. The van der Waals surface area contributed by atoms with Gasteiger partial charge in [0, 0.05) is 12.6 Å². The van der Waals surface area contributed by atoms with Gasteiger partial charge in [-0.05, 0) is 24.5 Å². The van der Waals surface area contributed by atoms with Gasteiger partial charge in [0.2, 0.25) is 5.91 Å². The Morgan fingerprint density at radius 3 is 2.79 bits per heavy atom. The first-order valence-electron chi connectivity index (χ1n) is 6.96. The molecule has 0 saturated carbocycles. The monoisotopic (exact) mass is 259 g/mol. The zero-order valence-corrected chi connectivity index (χ0v) is 11.2. The number of aliphatic hydroxyl groups excluding tert-OH is 1. The van der Waals surface area contributed by atoms with Crippen molar-refractivity contribution in [3.8, 4) is 0 Å². The van der Waals surface area contributed by atoms with Gasteiger partial charge in [0.05, 0.1) is 12.6 Å². The second-order valence-electron chi connectivity index (χ2n) is 4.96. The second kappa shape index (κ2) is 7.10. The highest BCUT2D eigenvalue weighted by atomic mass is 16.3. The van der Waals surface area contributed by atoms with Crippen LogP contribution in [0, 0.1) is 0 Å². The van der Waals surface area contributed by atoms with Crippen LogP contribution in [0.4, 0.5) is 0 Å². The number of benzene rings is 1. The topological polar surface area (TPSA) is 40.5 Å². The fourth-order valence-electron chi connectivity index (χ4n) is 2.48. The predicted octanol–water partition coefficient (Wildman–Crippen LogP) is 2.46. The Morgan fingerprint density at radius 2 is 2.05 bits per heavy atom. The number of hydrogen-bond donors (Lipinski definition) is 1. The van der Waals surface area contributed by atoms with Crippen molar-refractivity contribution < 1.29 is 9.90 Å². The molecule has 1 heterocycles. The van der Waals surface area contributed by atoms with Crippen molar-refractivity contribution in [3.05, 3.63) is 42.0 Å². The minimum atomic E-state index is -0.0181. The van der Waals surface area contributed by atoms with Crippen molar-refractivity contribution in [1.29, 1.82) is 0 Å². The molecule has 0 spiro atoms. The molecule has 1 unspecified atom stereocenters. The molecular formula is C16H21NO2. The molecule has 3 heteroatoms. The molecule has 1 saturated heterocycles. The standard InChI is InChI=1S/C16H21NO2/c18-13-15-9-5-2-6-12-17(15)16(19)11-10-14-7-3-1-4-8-14/h1,3-4,7-8,10-11,15,18H,2,5-6,9,12-13H2/b11-10+. The first-order chi connectivity index (χ1) is 9.31. The molecule has 0 bridgehead atoms. The molecule has 1 N–H and O–H groups in total. The van der Waals surface area contributed by atoms with Gasteiger partial charge >= 0.3 is 0 Å². The summed E-state index contributed by atoms with van der Waals surface area (Å²) in [6, 6.07) is 9.77. The first kappa shape index (κ1) is 13.8. The van der Waals surface area contributed by atoms with E-state index in [1.165, 1.54) is 0 Å². The fourth-order valence-corrected chi connectivity index (χ4v) is 2.48. The minimum Gasteiger partial charge on any atom is -0.394 e. The van der Waals surface area contributed by atoms with Gasteiger partial charge in [-0.25, -0.2) is 0 Å². The van der Waals surface area contributed by atoms with Crippen LogP contribution in [-0.2, 0) is 4.79 Å². The van der Waals surface area contributed by atoms with Gasteiger partial charge in [-0.1, -0.05) is 43.2 Å². The van der Waals surface area contributed by atoms with E-state index in [0.29, 0.717) is 0 Å².